The highest BCUT2D eigenvalue weighted by atomic mass is 32.2. The quantitative estimate of drug-likeness (QED) is 0.504. The van der Waals surface area contributed by atoms with Crippen molar-refractivity contribution in [1.82, 2.24) is 14.8 Å². The predicted molar refractivity (Wildman–Crippen MR) is 96.4 cm³/mol. The molecule has 5 heteroatoms. The molecular weight excluding hydrogens is 318 g/mol. The second kappa shape index (κ2) is 7.45. The Labute approximate surface area is 145 Å². The Balaban J connectivity index is 1.77. The molecule has 24 heavy (non-hydrogen) atoms. The normalized spacial score (nSPS) is 12.1. The van der Waals surface area contributed by atoms with Gasteiger partial charge in [0.15, 0.2) is 10.9 Å². The zero-order valence-electron chi connectivity index (χ0n) is 13.7. The molecule has 3 aromatic rings. The van der Waals surface area contributed by atoms with E-state index in [2.05, 4.69) is 26.9 Å². The highest BCUT2D eigenvalue weighted by Gasteiger charge is 2.20. The maximum atomic E-state index is 12.5. The number of hydrogen-bond donors (Lipinski definition) is 0. The molecule has 1 atom stereocenters. The van der Waals surface area contributed by atoms with Crippen molar-refractivity contribution in [2.24, 2.45) is 0 Å². The second-order valence-electron chi connectivity index (χ2n) is 5.59. The molecule has 0 radical (unpaired) electrons. The molecule has 3 rings (SSSR count). The summed E-state index contributed by atoms with van der Waals surface area (Å²) in [6.45, 7) is 4.55. The fraction of sp³-hybridized carbons (Fsp3) is 0.211. The van der Waals surface area contributed by atoms with E-state index in [4.69, 9.17) is 0 Å². The molecule has 4 nitrogen and oxygen atoms in total. The summed E-state index contributed by atoms with van der Waals surface area (Å²) in [4.78, 5) is 12.5. The Kier molecular flexibility index (Phi) is 5.11. The van der Waals surface area contributed by atoms with E-state index in [1.54, 1.807) is 0 Å². The van der Waals surface area contributed by atoms with E-state index in [-0.39, 0.29) is 11.0 Å². The Bertz CT molecular complexity index is 815. The molecular formula is C19H19N3OS. The molecule has 0 N–H and O–H groups in total. The molecule has 0 saturated carbocycles. The SMILES string of the molecule is Cc1nnc(S[C@H](C)C(=O)c2ccccc2)n1Cc1ccccc1. The standard InChI is InChI=1S/C19H19N3OS/c1-14(18(23)17-11-7-4-8-12-17)24-19-21-20-15(2)22(19)13-16-9-5-3-6-10-16/h3-12,14H,13H2,1-2H3/t14-/m1/s1. The smallest absolute Gasteiger partial charge is 0.192 e. The molecule has 0 amide bonds. The van der Waals surface area contributed by atoms with Crippen molar-refractivity contribution in [2.45, 2.75) is 30.8 Å². The van der Waals surface area contributed by atoms with E-state index in [9.17, 15) is 4.79 Å². The summed E-state index contributed by atoms with van der Waals surface area (Å²) in [5.74, 6) is 0.952. The molecule has 2 aromatic carbocycles. The van der Waals surface area contributed by atoms with Gasteiger partial charge in [0.2, 0.25) is 0 Å². The maximum absolute atomic E-state index is 12.5. The van der Waals surface area contributed by atoms with Crippen molar-refractivity contribution in [3.8, 4) is 0 Å². The number of aromatic nitrogens is 3. The van der Waals surface area contributed by atoms with Crippen LogP contribution in [0.3, 0.4) is 0 Å². The summed E-state index contributed by atoms with van der Waals surface area (Å²) < 4.78 is 2.05. The lowest BCUT2D eigenvalue weighted by molar-refractivity contribution is 0.0994. The molecule has 0 aliphatic rings. The third kappa shape index (κ3) is 3.74. The van der Waals surface area contributed by atoms with Crippen molar-refractivity contribution in [3.05, 3.63) is 77.6 Å². The number of ketones is 1. The van der Waals surface area contributed by atoms with E-state index in [0.717, 1.165) is 16.5 Å². The number of carbonyl (C=O) groups is 1. The number of aryl methyl sites for hydroxylation is 1. The number of carbonyl (C=O) groups excluding carboxylic acids is 1. The van der Waals surface area contributed by atoms with Gasteiger partial charge in [-0.2, -0.15) is 0 Å². The monoisotopic (exact) mass is 337 g/mol. The Morgan fingerprint density at radius 2 is 1.67 bits per heavy atom. The molecule has 0 fully saturated rings. The van der Waals surface area contributed by atoms with E-state index in [1.807, 2.05) is 62.4 Å². The van der Waals surface area contributed by atoms with Gasteiger partial charge >= 0.3 is 0 Å². The first kappa shape index (κ1) is 16.5. The van der Waals surface area contributed by atoms with E-state index in [0.29, 0.717) is 6.54 Å². The minimum absolute atomic E-state index is 0.104. The molecule has 0 aliphatic heterocycles. The molecule has 1 heterocycles. The van der Waals surface area contributed by atoms with Gasteiger partial charge < -0.3 is 4.57 Å². The molecule has 0 bridgehead atoms. The fourth-order valence-electron chi connectivity index (χ4n) is 2.45. The van der Waals surface area contributed by atoms with Crippen LogP contribution in [-0.4, -0.2) is 25.8 Å². The minimum Gasteiger partial charge on any atom is -0.302 e. The van der Waals surface area contributed by atoms with Gasteiger partial charge in [0.1, 0.15) is 5.82 Å². The van der Waals surface area contributed by atoms with Gasteiger partial charge in [-0.3, -0.25) is 4.79 Å². The first-order chi connectivity index (χ1) is 11.6. The van der Waals surface area contributed by atoms with Crippen LogP contribution in [0.1, 0.15) is 28.7 Å². The van der Waals surface area contributed by atoms with Gasteiger partial charge in [-0.15, -0.1) is 10.2 Å². The highest BCUT2D eigenvalue weighted by Crippen LogP contribution is 2.25. The largest absolute Gasteiger partial charge is 0.302 e. The van der Waals surface area contributed by atoms with Gasteiger partial charge in [-0.1, -0.05) is 72.4 Å². The van der Waals surface area contributed by atoms with Crippen molar-refractivity contribution in [3.63, 3.8) is 0 Å². The number of nitrogens with zero attached hydrogens (tertiary/aromatic N) is 3. The van der Waals surface area contributed by atoms with Crippen LogP contribution in [0, 0.1) is 6.92 Å². The van der Waals surface area contributed by atoms with Gasteiger partial charge in [-0.25, -0.2) is 0 Å². The lowest BCUT2D eigenvalue weighted by Crippen LogP contribution is -2.15. The Hall–Kier alpha value is -2.40. The van der Waals surface area contributed by atoms with Crippen molar-refractivity contribution >= 4 is 17.5 Å². The number of benzene rings is 2. The van der Waals surface area contributed by atoms with Gasteiger partial charge in [0.25, 0.3) is 0 Å². The summed E-state index contributed by atoms with van der Waals surface area (Å²) >= 11 is 1.45. The summed E-state index contributed by atoms with van der Waals surface area (Å²) in [6.07, 6.45) is 0. The average Bonchev–Trinajstić information content (AvgIpc) is 2.96. The van der Waals surface area contributed by atoms with Crippen LogP contribution in [-0.2, 0) is 6.54 Å². The molecule has 0 saturated heterocycles. The highest BCUT2D eigenvalue weighted by molar-refractivity contribution is 8.00. The molecule has 0 unspecified atom stereocenters. The lowest BCUT2D eigenvalue weighted by Gasteiger charge is -2.12. The van der Waals surface area contributed by atoms with Crippen LogP contribution < -0.4 is 0 Å². The number of thioether (sulfide) groups is 1. The topological polar surface area (TPSA) is 47.8 Å². The molecule has 1 aromatic heterocycles. The third-order valence-corrected chi connectivity index (χ3v) is 4.88. The van der Waals surface area contributed by atoms with Crippen molar-refractivity contribution in [2.75, 3.05) is 0 Å². The lowest BCUT2D eigenvalue weighted by atomic mass is 10.1. The Morgan fingerprint density at radius 3 is 2.33 bits per heavy atom. The van der Waals surface area contributed by atoms with Gasteiger partial charge in [0, 0.05) is 5.56 Å². The van der Waals surface area contributed by atoms with Crippen LogP contribution in [0.15, 0.2) is 65.8 Å². The van der Waals surface area contributed by atoms with Crippen LogP contribution >= 0.6 is 11.8 Å². The zero-order valence-corrected chi connectivity index (χ0v) is 14.5. The first-order valence-electron chi connectivity index (χ1n) is 7.85. The van der Waals surface area contributed by atoms with Crippen molar-refractivity contribution in [1.29, 1.82) is 0 Å². The fourth-order valence-corrected chi connectivity index (χ4v) is 3.42. The van der Waals surface area contributed by atoms with Crippen LogP contribution in [0.4, 0.5) is 0 Å². The maximum Gasteiger partial charge on any atom is 0.192 e. The van der Waals surface area contributed by atoms with Crippen LogP contribution in [0.25, 0.3) is 0 Å². The van der Waals surface area contributed by atoms with E-state index >= 15 is 0 Å². The average molecular weight is 337 g/mol. The molecule has 0 aliphatic carbocycles. The summed E-state index contributed by atoms with van der Waals surface area (Å²) in [5.41, 5.74) is 1.91. The Morgan fingerprint density at radius 1 is 1.04 bits per heavy atom. The summed E-state index contributed by atoms with van der Waals surface area (Å²) in [7, 11) is 0. The molecule has 122 valence electrons. The van der Waals surface area contributed by atoms with Gasteiger partial charge in [-0.05, 0) is 19.4 Å². The number of Topliss-reactive ketones (excluding diaryl/α,β-unsaturated/α-hetero) is 1. The molecule has 0 spiro atoms. The number of rotatable bonds is 6. The van der Waals surface area contributed by atoms with Gasteiger partial charge in [0.05, 0.1) is 11.8 Å². The first-order valence-corrected chi connectivity index (χ1v) is 8.73. The number of hydrogen-bond acceptors (Lipinski definition) is 4. The zero-order chi connectivity index (χ0) is 16.9. The van der Waals surface area contributed by atoms with Crippen LogP contribution in [0.5, 0.6) is 0 Å². The predicted octanol–water partition coefficient (Wildman–Crippen LogP) is 4.00. The second-order valence-corrected chi connectivity index (χ2v) is 6.90. The summed E-state index contributed by atoms with van der Waals surface area (Å²) in [6, 6.07) is 19.6. The van der Waals surface area contributed by atoms with Crippen molar-refractivity contribution < 1.29 is 4.79 Å². The summed E-state index contributed by atoms with van der Waals surface area (Å²) in [5, 5.41) is 8.98. The van der Waals surface area contributed by atoms with Crippen LogP contribution in [0.2, 0.25) is 0 Å². The van der Waals surface area contributed by atoms with E-state index < -0.39 is 0 Å². The third-order valence-electron chi connectivity index (χ3n) is 3.80. The van der Waals surface area contributed by atoms with E-state index in [1.165, 1.54) is 17.3 Å². The minimum atomic E-state index is -0.217.